The highest BCUT2D eigenvalue weighted by atomic mass is 32.2. The highest BCUT2D eigenvalue weighted by Gasteiger charge is 2.06. The lowest BCUT2D eigenvalue weighted by Crippen LogP contribution is -2.14. The summed E-state index contributed by atoms with van der Waals surface area (Å²) in [5, 5.41) is 5.78. The minimum atomic E-state index is -0.0321. The van der Waals surface area contributed by atoms with Crippen LogP contribution in [0.3, 0.4) is 0 Å². The maximum Gasteiger partial charge on any atom is 0.234 e. The molecule has 0 atom stereocenters. The first-order valence-corrected chi connectivity index (χ1v) is 9.35. The number of thioether (sulfide) groups is 1. The summed E-state index contributed by atoms with van der Waals surface area (Å²) in [6, 6.07) is 13.5. The maximum absolute atomic E-state index is 12.1. The Labute approximate surface area is 153 Å². The molecule has 0 aromatic heterocycles. The normalized spacial score (nSPS) is 10.4. The summed E-state index contributed by atoms with van der Waals surface area (Å²) in [6.07, 6.45) is 1.35. The van der Waals surface area contributed by atoms with Crippen LogP contribution >= 0.6 is 11.8 Å². The Morgan fingerprint density at radius 3 is 2.08 bits per heavy atom. The number of rotatable bonds is 7. The fraction of sp³-hybridized carbons (Fsp3) is 0.300. The molecule has 0 heterocycles. The van der Waals surface area contributed by atoms with Crippen molar-refractivity contribution in [3.8, 4) is 0 Å². The van der Waals surface area contributed by atoms with Crippen molar-refractivity contribution in [2.24, 2.45) is 0 Å². The van der Waals surface area contributed by atoms with E-state index in [4.69, 9.17) is 0 Å². The van der Waals surface area contributed by atoms with Crippen molar-refractivity contribution in [1.82, 2.24) is 0 Å². The molecule has 2 aromatic rings. The van der Waals surface area contributed by atoms with Gasteiger partial charge in [0.2, 0.25) is 11.8 Å². The van der Waals surface area contributed by atoms with E-state index in [1.807, 2.05) is 57.2 Å². The van der Waals surface area contributed by atoms with Gasteiger partial charge >= 0.3 is 0 Å². The van der Waals surface area contributed by atoms with Crippen LogP contribution in [0.2, 0.25) is 0 Å². The first kappa shape index (κ1) is 19.1. The van der Waals surface area contributed by atoms with E-state index in [2.05, 4.69) is 16.7 Å². The number of hydrogen-bond acceptors (Lipinski definition) is 3. The molecule has 0 unspecified atom stereocenters. The third-order valence-corrected chi connectivity index (χ3v) is 4.50. The predicted octanol–water partition coefficient (Wildman–Crippen LogP) is 4.77. The van der Waals surface area contributed by atoms with Gasteiger partial charge < -0.3 is 10.6 Å². The minimum Gasteiger partial charge on any atom is -0.326 e. The molecule has 2 N–H and O–H groups in total. The number of amides is 2. The van der Waals surface area contributed by atoms with Crippen LogP contribution in [-0.4, -0.2) is 17.6 Å². The number of carbonyl (C=O) groups excluding carboxylic acids is 2. The second-order valence-electron chi connectivity index (χ2n) is 6.04. The zero-order valence-electron chi connectivity index (χ0n) is 14.9. The largest absolute Gasteiger partial charge is 0.326 e. The molecule has 2 aromatic carbocycles. The van der Waals surface area contributed by atoms with Gasteiger partial charge in [-0.05, 0) is 67.8 Å². The Hall–Kier alpha value is -2.27. The van der Waals surface area contributed by atoms with Crippen LogP contribution in [-0.2, 0) is 9.59 Å². The lowest BCUT2D eigenvalue weighted by molar-refractivity contribution is -0.116. The number of nitrogens with one attached hydrogen (secondary N) is 2. The van der Waals surface area contributed by atoms with Gasteiger partial charge in [-0.25, -0.2) is 0 Å². The fourth-order valence-electron chi connectivity index (χ4n) is 2.48. The monoisotopic (exact) mass is 356 g/mol. The van der Waals surface area contributed by atoms with E-state index in [1.54, 1.807) is 0 Å². The van der Waals surface area contributed by atoms with Gasteiger partial charge in [0.1, 0.15) is 0 Å². The molecule has 0 aliphatic rings. The minimum absolute atomic E-state index is 0.0238. The number of aryl methyl sites for hydroxylation is 2. The van der Waals surface area contributed by atoms with Crippen LogP contribution in [0, 0.1) is 13.8 Å². The SMILES string of the molecule is CCCC(=O)Nc1ccc(SCC(=O)Nc2cc(C)cc(C)c2)cc1. The Kier molecular flexibility index (Phi) is 7.07. The second-order valence-corrected chi connectivity index (χ2v) is 7.08. The van der Waals surface area contributed by atoms with Crippen molar-refractivity contribution in [2.45, 2.75) is 38.5 Å². The average molecular weight is 356 g/mol. The van der Waals surface area contributed by atoms with Crippen molar-refractivity contribution in [3.05, 3.63) is 53.6 Å². The quantitative estimate of drug-likeness (QED) is 0.702. The van der Waals surface area contributed by atoms with Crippen LogP contribution in [0.5, 0.6) is 0 Å². The lowest BCUT2D eigenvalue weighted by Gasteiger charge is -2.08. The Bertz CT molecular complexity index is 722. The van der Waals surface area contributed by atoms with Crippen LogP contribution in [0.15, 0.2) is 47.4 Å². The van der Waals surface area contributed by atoms with Crippen LogP contribution in [0.1, 0.15) is 30.9 Å². The molecule has 25 heavy (non-hydrogen) atoms. The molecule has 4 nitrogen and oxygen atoms in total. The van der Waals surface area contributed by atoms with E-state index in [0.29, 0.717) is 12.2 Å². The van der Waals surface area contributed by atoms with Crippen molar-refractivity contribution in [1.29, 1.82) is 0 Å². The number of hydrogen-bond donors (Lipinski definition) is 2. The Morgan fingerprint density at radius 1 is 0.880 bits per heavy atom. The van der Waals surface area contributed by atoms with Crippen molar-refractivity contribution in [3.63, 3.8) is 0 Å². The molecule has 0 radical (unpaired) electrons. The van der Waals surface area contributed by atoms with E-state index in [0.717, 1.165) is 33.8 Å². The Balaban J connectivity index is 1.84. The molecule has 0 aliphatic heterocycles. The zero-order chi connectivity index (χ0) is 18.2. The first-order chi connectivity index (χ1) is 12.0. The molecule has 0 saturated heterocycles. The highest BCUT2D eigenvalue weighted by Crippen LogP contribution is 2.21. The summed E-state index contributed by atoms with van der Waals surface area (Å²) in [5.74, 6) is 0.334. The summed E-state index contributed by atoms with van der Waals surface area (Å²) in [7, 11) is 0. The third kappa shape index (κ3) is 6.63. The Morgan fingerprint density at radius 2 is 1.48 bits per heavy atom. The van der Waals surface area contributed by atoms with Crippen LogP contribution < -0.4 is 10.6 Å². The summed E-state index contributed by atoms with van der Waals surface area (Å²) in [5.41, 5.74) is 3.87. The van der Waals surface area contributed by atoms with Crippen LogP contribution in [0.25, 0.3) is 0 Å². The number of anilines is 2. The molecule has 5 heteroatoms. The summed E-state index contributed by atoms with van der Waals surface area (Å²) in [6.45, 7) is 6.00. The molecular formula is C20H24N2O2S. The van der Waals surface area contributed by atoms with E-state index in [9.17, 15) is 9.59 Å². The second kappa shape index (κ2) is 9.28. The standard InChI is InChI=1S/C20H24N2O2S/c1-4-5-19(23)21-16-6-8-18(9-7-16)25-13-20(24)22-17-11-14(2)10-15(3)12-17/h6-12H,4-5,13H2,1-3H3,(H,21,23)(H,22,24). The molecule has 0 bridgehead atoms. The van der Waals surface area contributed by atoms with Gasteiger partial charge in [-0.1, -0.05) is 13.0 Å². The predicted molar refractivity (Wildman–Crippen MR) is 105 cm³/mol. The molecule has 0 fully saturated rings. The van der Waals surface area contributed by atoms with Crippen molar-refractivity contribution < 1.29 is 9.59 Å². The molecule has 0 spiro atoms. The van der Waals surface area contributed by atoms with Gasteiger partial charge in [0, 0.05) is 22.7 Å². The van der Waals surface area contributed by atoms with Gasteiger partial charge in [0.15, 0.2) is 0 Å². The summed E-state index contributed by atoms with van der Waals surface area (Å²) in [4.78, 5) is 24.7. The third-order valence-electron chi connectivity index (χ3n) is 3.49. The zero-order valence-corrected chi connectivity index (χ0v) is 15.7. The summed E-state index contributed by atoms with van der Waals surface area (Å²) >= 11 is 1.47. The van der Waals surface area contributed by atoms with Gasteiger partial charge in [-0.3, -0.25) is 9.59 Å². The van der Waals surface area contributed by atoms with E-state index < -0.39 is 0 Å². The molecule has 0 aliphatic carbocycles. The van der Waals surface area contributed by atoms with E-state index >= 15 is 0 Å². The molecule has 132 valence electrons. The fourth-order valence-corrected chi connectivity index (χ4v) is 3.18. The molecule has 2 rings (SSSR count). The van der Waals surface area contributed by atoms with Crippen molar-refractivity contribution in [2.75, 3.05) is 16.4 Å². The molecule has 2 amide bonds. The van der Waals surface area contributed by atoms with Gasteiger partial charge in [0.05, 0.1) is 5.75 Å². The van der Waals surface area contributed by atoms with Gasteiger partial charge in [-0.15, -0.1) is 11.8 Å². The van der Waals surface area contributed by atoms with Gasteiger partial charge in [0.25, 0.3) is 0 Å². The van der Waals surface area contributed by atoms with Crippen molar-refractivity contribution >= 4 is 35.0 Å². The number of benzene rings is 2. The first-order valence-electron chi connectivity index (χ1n) is 8.37. The van der Waals surface area contributed by atoms with E-state index in [-0.39, 0.29) is 11.8 Å². The molecule has 0 saturated carbocycles. The lowest BCUT2D eigenvalue weighted by atomic mass is 10.1. The number of carbonyl (C=O) groups is 2. The average Bonchev–Trinajstić information content (AvgIpc) is 2.53. The van der Waals surface area contributed by atoms with Crippen LogP contribution in [0.4, 0.5) is 11.4 Å². The molecular weight excluding hydrogens is 332 g/mol. The topological polar surface area (TPSA) is 58.2 Å². The highest BCUT2D eigenvalue weighted by molar-refractivity contribution is 8.00. The maximum atomic E-state index is 12.1. The van der Waals surface area contributed by atoms with Gasteiger partial charge in [-0.2, -0.15) is 0 Å². The van der Waals surface area contributed by atoms with E-state index in [1.165, 1.54) is 11.8 Å². The summed E-state index contributed by atoms with van der Waals surface area (Å²) < 4.78 is 0. The smallest absolute Gasteiger partial charge is 0.234 e.